The highest BCUT2D eigenvalue weighted by Crippen LogP contribution is 2.45. The summed E-state index contributed by atoms with van der Waals surface area (Å²) >= 11 is 5.79. The SMILES string of the molecule is CC1(C(=O)NS(=O)(=O)c2ccccc2Cl)CC1. The van der Waals surface area contributed by atoms with Crippen molar-refractivity contribution in [2.45, 2.75) is 24.7 Å². The molecule has 1 N–H and O–H groups in total. The Labute approximate surface area is 105 Å². The smallest absolute Gasteiger partial charge is 0.265 e. The van der Waals surface area contributed by atoms with Crippen LogP contribution in [0.1, 0.15) is 19.8 Å². The van der Waals surface area contributed by atoms with Crippen molar-refractivity contribution < 1.29 is 13.2 Å². The fraction of sp³-hybridized carbons (Fsp3) is 0.364. The van der Waals surface area contributed by atoms with E-state index in [0.717, 1.165) is 12.8 Å². The standard InChI is InChI=1S/C11H12ClNO3S/c1-11(6-7-11)10(14)13-17(15,16)9-5-3-2-4-8(9)12/h2-5H,6-7H2,1H3,(H,13,14). The Balaban J connectivity index is 2.26. The second kappa shape index (κ2) is 3.99. The molecule has 1 saturated carbocycles. The van der Waals surface area contributed by atoms with Crippen LogP contribution in [0, 0.1) is 5.41 Å². The van der Waals surface area contributed by atoms with Crippen molar-refractivity contribution in [1.82, 2.24) is 4.72 Å². The first kappa shape index (κ1) is 12.4. The highest BCUT2D eigenvalue weighted by Gasteiger charge is 2.46. The van der Waals surface area contributed by atoms with Crippen molar-refractivity contribution in [2.24, 2.45) is 5.41 Å². The number of benzene rings is 1. The monoisotopic (exact) mass is 273 g/mol. The maximum atomic E-state index is 11.9. The molecule has 0 atom stereocenters. The molecule has 92 valence electrons. The summed E-state index contributed by atoms with van der Waals surface area (Å²) in [6, 6.07) is 6.03. The number of sulfonamides is 1. The average molecular weight is 274 g/mol. The van der Waals surface area contributed by atoms with Crippen LogP contribution in [0.2, 0.25) is 5.02 Å². The van der Waals surface area contributed by atoms with Gasteiger partial charge >= 0.3 is 0 Å². The van der Waals surface area contributed by atoms with Gasteiger partial charge in [-0.15, -0.1) is 0 Å². The molecule has 0 heterocycles. The molecule has 0 aromatic heterocycles. The maximum absolute atomic E-state index is 11.9. The quantitative estimate of drug-likeness (QED) is 0.915. The van der Waals surface area contributed by atoms with E-state index in [9.17, 15) is 13.2 Å². The molecule has 1 fully saturated rings. The lowest BCUT2D eigenvalue weighted by molar-refractivity contribution is -0.123. The third-order valence-electron chi connectivity index (χ3n) is 2.90. The van der Waals surface area contributed by atoms with Gasteiger partial charge in [0.05, 0.1) is 5.02 Å². The van der Waals surface area contributed by atoms with Gasteiger partial charge in [-0.3, -0.25) is 4.79 Å². The Morgan fingerprint density at radius 3 is 2.47 bits per heavy atom. The number of amides is 1. The van der Waals surface area contributed by atoms with Gasteiger partial charge in [-0.25, -0.2) is 13.1 Å². The van der Waals surface area contributed by atoms with Crippen molar-refractivity contribution >= 4 is 27.5 Å². The Hall–Kier alpha value is -1.07. The van der Waals surface area contributed by atoms with Crippen LogP contribution in [0.3, 0.4) is 0 Å². The Morgan fingerprint density at radius 1 is 1.35 bits per heavy atom. The molecule has 1 aliphatic carbocycles. The molecule has 1 amide bonds. The van der Waals surface area contributed by atoms with Crippen LogP contribution in [-0.4, -0.2) is 14.3 Å². The topological polar surface area (TPSA) is 63.2 Å². The molecule has 0 unspecified atom stereocenters. The minimum atomic E-state index is -3.86. The number of halogens is 1. The minimum Gasteiger partial charge on any atom is -0.273 e. The minimum absolute atomic E-state index is 0.0701. The van der Waals surface area contributed by atoms with E-state index in [2.05, 4.69) is 4.72 Å². The van der Waals surface area contributed by atoms with Gasteiger partial charge < -0.3 is 0 Å². The molecule has 0 aliphatic heterocycles. The summed E-state index contributed by atoms with van der Waals surface area (Å²) in [5.41, 5.74) is -0.533. The zero-order valence-electron chi connectivity index (χ0n) is 9.23. The normalized spacial score (nSPS) is 17.5. The first-order chi connectivity index (χ1) is 7.85. The first-order valence-corrected chi connectivity index (χ1v) is 7.03. The molecule has 1 aromatic rings. The number of hydrogen-bond acceptors (Lipinski definition) is 3. The second-order valence-electron chi connectivity index (χ2n) is 4.43. The molecule has 6 heteroatoms. The molecular formula is C11H12ClNO3S. The molecule has 4 nitrogen and oxygen atoms in total. The zero-order chi connectivity index (χ0) is 12.7. The third-order valence-corrected chi connectivity index (χ3v) is 4.73. The molecule has 0 bridgehead atoms. The molecule has 2 rings (SSSR count). The average Bonchev–Trinajstić information content (AvgIpc) is 2.97. The summed E-state index contributed by atoms with van der Waals surface area (Å²) in [5, 5.41) is 0.105. The summed E-state index contributed by atoms with van der Waals surface area (Å²) in [6.45, 7) is 1.74. The number of carbonyl (C=O) groups excluding carboxylic acids is 1. The van der Waals surface area contributed by atoms with Crippen molar-refractivity contribution in [3.63, 3.8) is 0 Å². The molecule has 0 saturated heterocycles. The van der Waals surface area contributed by atoms with Gasteiger partial charge in [0.1, 0.15) is 4.90 Å². The van der Waals surface area contributed by atoms with Gasteiger partial charge in [0.15, 0.2) is 0 Å². The van der Waals surface area contributed by atoms with Gasteiger partial charge in [-0.05, 0) is 25.0 Å². The lowest BCUT2D eigenvalue weighted by atomic mass is 10.1. The van der Waals surface area contributed by atoms with Crippen LogP contribution in [0.5, 0.6) is 0 Å². The highest BCUT2D eigenvalue weighted by molar-refractivity contribution is 7.90. The summed E-state index contributed by atoms with van der Waals surface area (Å²) in [7, 11) is -3.86. The Bertz CT molecular complexity index is 564. The van der Waals surface area contributed by atoms with Gasteiger partial charge in [-0.2, -0.15) is 0 Å². The van der Waals surface area contributed by atoms with E-state index in [1.54, 1.807) is 19.1 Å². The van der Waals surface area contributed by atoms with Crippen LogP contribution >= 0.6 is 11.6 Å². The van der Waals surface area contributed by atoms with Crippen molar-refractivity contribution in [3.8, 4) is 0 Å². The Morgan fingerprint density at radius 2 is 1.94 bits per heavy atom. The third kappa shape index (κ3) is 2.45. The molecule has 1 aliphatic rings. The Kier molecular flexibility index (Phi) is 2.91. The van der Waals surface area contributed by atoms with E-state index < -0.39 is 21.3 Å². The lowest BCUT2D eigenvalue weighted by Gasteiger charge is -2.11. The van der Waals surface area contributed by atoms with Crippen molar-refractivity contribution in [2.75, 3.05) is 0 Å². The summed E-state index contributed by atoms with van der Waals surface area (Å²) < 4.78 is 25.9. The molecule has 0 radical (unpaired) electrons. The molecule has 17 heavy (non-hydrogen) atoms. The van der Waals surface area contributed by atoms with Crippen LogP contribution in [-0.2, 0) is 14.8 Å². The predicted molar refractivity (Wildman–Crippen MR) is 64.1 cm³/mol. The largest absolute Gasteiger partial charge is 0.273 e. The number of rotatable bonds is 3. The van der Waals surface area contributed by atoms with Crippen LogP contribution in [0.15, 0.2) is 29.2 Å². The fourth-order valence-corrected chi connectivity index (χ4v) is 3.00. The van der Waals surface area contributed by atoms with Gasteiger partial charge in [0.25, 0.3) is 10.0 Å². The first-order valence-electron chi connectivity index (χ1n) is 5.17. The second-order valence-corrected chi connectivity index (χ2v) is 6.48. The summed E-state index contributed by atoms with van der Waals surface area (Å²) in [6.07, 6.45) is 1.44. The fourth-order valence-electron chi connectivity index (χ4n) is 1.38. The number of carbonyl (C=O) groups is 1. The van der Waals surface area contributed by atoms with E-state index in [4.69, 9.17) is 11.6 Å². The van der Waals surface area contributed by atoms with E-state index in [-0.39, 0.29) is 9.92 Å². The number of hydrogen-bond donors (Lipinski definition) is 1. The summed E-state index contributed by atoms with van der Waals surface area (Å²) in [4.78, 5) is 11.6. The van der Waals surface area contributed by atoms with Gasteiger partial charge in [0, 0.05) is 5.41 Å². The number of nitrogens with one attached hydrogen (secondary N) is 1. The van der Waals surface area contributed by atoms with Gasteiger partial charge in [0.2, 0.25) is 5.91 Å². The van der Waals surface area contributed by atoms with Crippen LogP contribution < -0.4 is 4.72 Å². The molecule has 0 spiro atoms. The van der Waals surface area contributed by atoms with Crippen molar-refractivity contribution in [3.05, 3.63) is 29.3 Å². The molecular weight excluding hydrogens is 262 g/mol. The predicted octanol–water partition coefficient (Wildman–Crippen LogP) is 1.94. The van der Waals surface area contributed by atoms with E-state index in [0.29, 0.717) is 0 Å². The molecule has 1 aromatic carbocycles. The maximum Gasteiger partial charge on any atom is 0.265 e. The van der Waals surface area contributed by atoms with E-state index in [1.165, 1.54) is 12.1 Å². The summed E-state index contributed by atoms with van der Waals surface area (Å²) in [5.74, 6) is -0.461. The lowest BCUT2D eigenvalue weighted by Crippen LogP contribution is -2.35. The zero-order valence-corrected chi connectivity index (χ0v) is 10.8. The highest BCUT2D eigenvalue weighted by atomic mass is 35.5. The van der Waals surface area contributed by atoms with Crippen molar-refractivity contribution in [1.29, 1.82) is 0 Å². The van der Waals surface area contributed by atoms with Crippen LogP contribution in [0.25, 0.3) is 0 Å². The van der Waals surface area contributed by atoms with Crippen LogP contribution in [0.4, 0.5) is 0 Å². The van der Waals surface area contributed by atoms with E-state index in [1.807, 2.05) is 0 Å². The van der Waals surface area contributed by atoms with E-state index >= 15 is 0 Å². The van der Waals surface area contributed by atoms with Gasteiger partial charge in [-0.1, -0.05) is 30.7 Å².